The molecule has 1 aliphatic rings. The summed E-state index contributed by atoms with van der Waals surface area (Å²) in [6.07, 6.45) is 2.57. The molecule has 0 saturated carbocycles. The highest BCUT2D eigenvalue weighted by molar-refractivity contribution is 8.00. The Morgan fingerprint density at radius 2 is 2.31 bits per heavy atom. The number of benzene rings is 1. The molecule has 1 aromatic carbocycles. The van der Waals surface area contributed by atoms with Crippen LogP contribution < -0.4 is 5.32 Å². The first-order valence-corrected chi connectivity index (χ1v) is 6.59. The molecule has 4 heteroatoms. The molecule has 1 aromatic rings. The summed E-state index contributed by atoms with van der Waals surface area (Å²) in [5, 5.41) is 13.2. The van der Waals surface area contributed by atoms with Gasteiger partial charge in [0.25, 0.3) is 0 Å². The largest absolute Gasteiger partial charge is 0.508 e. The number of halogens is 1. The number of phenolic OH excluding ortho intramolecular Hbond substituents is 1. The van der Waals surface area contributed by atoms with Crippen LogP contribution in [-0.2, 0) is 6.54 Å². The monoisotopic (exact) mass is 241 g/mol. The van der Waals surface area contributed by atoms with Crippen LogP contribution in [0.5, 0.6) is 5.75 Å². The SMILES string of the molecule is Oc1cc(F)cc(CNCC2CCCS2)c1. The van der Waals surface area contributed by atoms with E-state index < -0.39 is 0 Å². The van der Waals surface area contributed by atoms with Crippen molar-refractivity contribution in [3.63, 3.8) is 0 Å². The highest BCUT2D eigenvalue weighted by Gasteiger charge is 2.14. The molecule has 2 N–H and O–H groups in total. The lowest BCUT2D eigenvalue weighted by Crippen LogP contribution is -2.22. The fourth-order valence-electron chi connectivity index (χ4n) is 1.92. The van der Waals surface area contributed by atoms with Crippen LogP contribution in [0, 0.1) is 5.82 Å². The Morgan fingerprint density at radius 1 is 1.44 bits per heavy atom. The van der Waals surface area contributed by atoms with Gasteiger partial charge in [0.15, 0.2) is 0 Å². The summed E-state index contributed by atoms with van der Waals surface area (Å²) in [4.78, 5) is 0. The fraction of sp³-hybridized carbons (Fsp3) is 0.500. The van der Waals surface area contributed by atoms with E-state index in [-0.39, 0.29) is 11.6 Å². The maximum Gasteiger partial charge on any atom is 0.127 e. The first-order chi connectivity index (χ1) is 7.74. The zero-order valence-corrected chi connectivity index (χ0v) is 9.89. The molecule has 16 heavy (non-hydrogen) atoms. The van der Waals surface area contributed by atoms with Gasteiger partial charge in [0.1, 0.15) is 11.6 Å². The minimum absolute atomic E-state index is 0.00737. The third kappa shape index (κ3) is 3.39. The van der Waals surface area contributed by atoms with Gasteiger partial charge in [-0.1, -0.05) is 0 Å². The molecule has 1 fully saturated rings. The van der Waals surface area contributed by atoms with Gasteiger partial charge in [-0.3, -0.25) is 0 Å². The van der Waals surface area contributed by atoms with Gasteiger partial charge < -0.3 is 10.4 Å². The topological polar surface area (TPSA) is 32.3 Å². The van der Waals surface area contributed by atoms with Crippen LogP contribution in [0.25, 0.3) is 0 Å². The molecule has 0 aliphatic carbocycles. The number of phenols is 1. The van der Waals surface area contributed by atoms with Crippen molar-refractivity contribution < 1.29 is 9.50 Å². The Balaban J connectivity index is 1.80. The van der Waals surface area contributed by atoms with Crippen LogP contribution in [0.4, 0.5) is 4.39 Å². The quantitative estimate of drug-likeness (QED) is 0.849. The highest BCUT2D eigenvalue weighted by Crippen LogP contribution is 2.25. The Morgan fingerprint density at radius 3 is 3.00 bits per heavy atom. The lowest BCUT2D eigenvalue weighted by atomic mass is 10.2. The molecular weight excluding hydrogens is 225 g/mol. The molecule has 2 nitrogen and oxygen atoms in total. The maximum absolute atomic E-state index is 13.0. The van der Waals surface area contributed by atoms with Crippen molar-refractivity contribution in [1.29, 1.82) is 0 Å². The predicted molar refractivity (Wildman–Crippen MR) is 65.3 cm³/mol. The van der Waals surface area contributed by atoms with Crippen molar-refractivity contribution in [2.45, 2.75) is 24.6 Å². The molecule has 0 amide bonds. The van der Waals surface area contributed by atoms with Crippen LogP contribution in [0.15, 0.2) is 18.2 Å². The zero-order chi connectivity index (χ0) is 11.4. The van der Waals surface area contributed by atoms with E-state index in [0.29, 0.717) is 11.8 Å². The summed E-state index contributed by atoms with van der Waals surface area (Å²) < 4.78 is 13.0. The molecule has 1 saturated heterocycles. The van der Waals surface area contributed by atoms with E-state index in [1.165, 1.54) is 24.7 Å². The van der Waals surface area contributed by atoms with Crippen molar-refractivity contribution in [2.24, 2.45) is 0 Å². The second-order valence-corrected chi connectivity index (χ2v) is 5.49. The summed E-state index contributed by atoms with van der Waals surface area (Å²) >= 11 is 2.00. The molecule has 0 bridgehead atoms. The molecule has 1 aliphatic heterocycles. The average molecular weight is 241 g/mol. The summed E-state index contributed by atoms with van der Waals surface area (Å²) in [6.45, 7) is 1.57. The van der Waals surface area contributed by atoms with Crippen LogP contribution in [0.2, 0.25) is 0 Å². The van der Waals surface area contributed by atoms with Gasteiger partial charge in [-0.25, -0.2) is 4.39 Å². The molecule has 2 rings (SSSR count). The van der Waals surface area contributed by atoms with Crippen molar-refractivity contribution in [2.75, 3.05) is 12.3 Å². The molecular formula is C12H16FNOS. The van der Waals surface area contributed by atoms with Crippen LogP contribution in [0.3, 0.4) is 0 Å². The second-order valence-electron chi connectivity index (χ2n) is 4.08. The lowest BCUT2D eigenvalue weighted by molar-refractivity contribution is 0.467. The van der Waals surface area contributed by atoms with Crippen molar-refractivity contribution in [3.05, 3.63) is 29.6 Å². The standard InChI is InChI=1S/C12H16FNOS/c13-10-4-9(5-11(15)6-10)7-14-8-12-2-1-3-16-12/h4-6,12,14-15H,1-3,7-8H2. The van der Waals surface area contributed by atoms with Crippen LogP contribution >= 0.6 is 11.8 Å². The van der Waals surface area contributed by atoms with E-state index in [9.17, 15) is 9.50 Å². The predicted octanol–water partition coefficient (Wildman–Crippen LogP) is 2.52. The molecule has 1 unspecified atom stereocenters. The van der Waals surface area contributed by atoms with Crippen LogP contribution in [0.1, 0.15) is 18.4 Å². The number of hydrogen-bond donors (Lipinski definition) is 2. The number of hydrogen-bond acceptors (Lipinski definition) is 3. The second kappa shape index (κ2) is 5.55. The average Bonchev–Trinajstić information content (AvgIpc) is 2.69. The van der Waals surface area contributed by atoms with E-state index in [2.05, 4.69) is 5.32 Å². The van der Waals surface area contributed by atoms with Crippen LogP contribution in [-0.4, -0.2) is 22.7 Å². The molecule has 1 atom stereocenters. The smallest absolute Gasteiger partial charge is 0.127 e. The summed E-state index contributed by atoms with van der Waals surface area (Å²) in [6, 6.07) is 4.17. The number of rotatable bonds is 4. The Kier molecular flexibility index (Phi) is 4.07. The number of nitrogens with one attached hydrogen (secondary N) is 1. The Hall–Kier alpha value is -0.740. The van der Waals surface area contributed by atoms with Gasteiger partial charge in [-0.15, -0.1) is 0 Å². The fourth-order valence-corrected chi connectivity index (χ4v) is 3.15. The van der Waals surface area contributed by atoms with E-state index in [1.54, 1.807) is 6.07 Å². The Labute approximate surface area is 99.2 Å². The third-order valence-electron chi connectivity index (χ3n) is 2.67. The minimum Gasteiger partial charge on any atom is -0.508 e. The number of thioether (sulfide) groups is 1. The zero-order valence-electron chi connectivity index (χ0n) is 9.08. The Bertz CT molecular complexity index is 333. The van der Waals surface area contributed by atoms with E-state index in [1.807, 2.05) is 11.8 Å². The molecule has 88 valence electrons. The molecule has 0 spiro atoms. The van der Waals surface area contributed by atoms with E-state index >= 15 is 0 Å². The van der Waals surface area contributed by atoms with Gasteiger partial charge in [-0.2, -0.15) is 11.8 Å². The van der Waals surface area contributed by atoms with Gasteiger partial charge in [0, 0.05) is 24.4 Å². The van der Waals surface area contributed by atoms with E-state index in [0.717, 1.165) is 18.2 Å². The van der Waals surface area contributed by atoms with Crippen molar-refractivity contribution in [1.82, 2.24) is 5.32 Å². The molecule has 0 aromatic heterocycles. The van der Waals surface area contributed by atoms with Crippen molar-refractivity contribution in [3.8, 4) is 5.75 Å². The van der Waals surface area contributed by atoms with Gasteiger partial charge in [0.05, 0.1) is 0 Å². The first-order valence-electron chi connectivity index (χ1n) is 5.55. The first kappa shape index (κ1) is 11.7. The maximum atomic E-state index is 13.0. The highest BCUT2D eigenvalue weighted by atomic mass is 32.2. The lowest BCUT2D eigenvalue weighted by Gasteiger charge is -2.10. The molecule has 0 radical (unpaired) electrons. The summed E-state index contributed by atoms with van der Waals surface area (Å²) in [7, 11) is 0. The summed E-state index contributed by atoms with van der Waals surface area (Å²) in [5.41, 5.74) is 0.792. The van der Waals surface area contributed by atoms with Gasteiger partial charge in [0.2, 0.25) is 0 Å². The minimum atomic E-state index is -0.382. The molecule has 1 heterocycles. The van der Waals surface area contributed by atoms with Gasteiger partial charge >= 0.3 is 0 Å². The third-order valence-corrected chi connectivity index (χ3v) is 4.07. The van der Waals surface area contributed by atoms with E-state index in [4.69, 9.17) is 0 Å². The van der Waals surface area contributed by atoms with Crippen molar-refractivity contribution >= 4 is 11.8 Å². The van der Waals surface area contributed by atoms with Gasteiger partial charge in [-0.05, 0) is 36.3 Å². The number of aromatic hydroxyl groups is 1. The normalized spacial score (nSPS) is 20.2. The summed E-state index contributed by atoms with van der Waals surface area (Å²) in [5.74, 6) is 0.867.